The van der Waals surface area contributed by atoms with Crippen LogP contribution < -0.4 is 0 Å². The Morgan fingerprint density at radius 1 is 1.12 bits per heavy atom. The van der Waals surface area contributed by atoms with Crippen molar-refractivity contribution in [3.63, 3.8) is 0 Å². The number of aromatic nitrogens is 2. The van der Waals surface area contributed by atoms with Crippen LogP contribution in [0.15, 0.2) is 36.4 Å². The van der Waals surface area contributed by atoms with Crippen LogP contribution in [-0.4, -0.2) is 9.97 Å². The molecule has 2 aromatic carbocycles. The number of benzene rings is 2. The van der Waals surface area contributed by atoms with Crippen molar-refractivity contribution in [2.75, 3.05) is 0 Å². The first kappa shape index (κ1) is 10.3. The third kappa shape index (κ3) is 1.80. The summed E-state index contributed by atoms with van der Waals surface area (Å²) in [6.07, 6.45) is 3.44. The van der Waals surface area contributed by atoms with Gasteiger partial charge >= 0.3 is 0 Å². The lowest BCUT2D eigenvalue weighted by Gasteiger charge is -1.96. The van der Waals surface area contributed by atoms with E-state index in [1.54, 1.807) is 0 Å². The fourth-order valence-corrected chi connectivity index (χ4v) is 2.26. The summed E-state index contributed by atoms with van der Waals surface area (Å²) in [4.78, 5) is 8.13. The average molecular weight is 224 g/mol. The van der Waals surface area contributed by atoms with Crippen molar-refractivity contribution in [2.24, 2.45) is 0 Å². The Kier molecular flexibility index (Phi) is 2.56. The molecule has 17 heavy (non-hydrogen) atoms. The Morgan fingerprint density at radius 2 is 2.00 bits per heavy atom. The summed E-state index contributed by atoms with van der Waals surface area (Å²) in [5.41, 5.74) is 2.25. The second-order valence-electron chi connectivity index (χ2n) is 4.47. The van der Waals surface area contributed by atoms with E-state index in [0.29, 0.717) is 0 Å². The summed E-state index contributed by atoms with van der Waals surface area (Å²) in [5, 5.41) is 2.50. The number of nitrogens with one attached hydrogen (secondary N) is 1. The van der Waals surface area contributed by atoms with Gasteiger partial charge in [-0.25, -0.2) is 4.98 Å². The average Bonchev–Trinajstić information content (AvgIpc) is 2.79. The maximum atomic E-state index is 4.72. The van der Waals surface area contributed by atoms with Crippen molar-refractivity contribution >= 4 is 21.8 Å². The van der Waals surface area contributed by atoms with E-state index < -0.39 is 0 Å². The molecular weight excluding hydrogens is 208 g/mol. The van der Waals surface area contributed by atoms with E-state index in [1.165, 1.54) is 23.6 Å². The molecule has 0 unspecified atom stereocenters. The molecule has 0 fully saturated rings. The minimum Gasteiger partial charge on any atom is -0.342 e. The number of rotatable bonds is 3. The standard InChI is InChI=1S/C15H16N2/c1-2-3-8-14-16-13-10-9-11-6-4-5-7-12(11)15(13)17-14/h4-7,9-10H,2-3,8H2,1H3,(H,16,17). The number of imidazole rings is 1. The number of fused-ring (bicyclic) bond motifs is 3. The van der Waals surface area contributed by atoms with Gasteiger partial charge in [-0.3, -0.25) is 0 Å². The quantitative estimate of drug-likeness (QED) is 0.714. The van der Waals surface area contributed by atoms with Crippen molar-refractivity contribution in [1.82, 2.24) is 9.97 Å². The highest BCUT2D eigenvalue weighted by atomic mass is 14.9. The van der Waals surface area contributed by atoms with Gasteiger partial charge in [0.1, 0.15) is 5.82 Å². The number of nitrogens with zero attached hydrogens (tertiary/aromatic N) is 1. The minimum atomic E-state index is 1.04. The third-order valence-corrected chi connectivity index (χ3v) is 3.19. The number of hydrogen-bond acceptors (Lipinski definition) is 1. The maximum absolute atomic E-state index is 4.72. The predicted molar refractivity (Wildman–Crippen MR) is 72.2 cm³/mol. The molecule has 3 aromatic rings. The highest BCUT2D eigenvalue weighted by molar-refractivity contribution is 6.04. The van der Waals surface area contributed by atoms with Gasteiger partial charge in [-0.15, -0.1) is 0 Å². The van der Waals surface area contributed by atoms with Crippen molar-refractivity contribution < 1.29 is 0 Å². The van der Waals surface area contributed by atoms with Gasteiger partial charge in [0.2, 0.25) is 0 Å². The summed E-state index contributed by atoms with van der Waals surface area (Å²) in [7, 11) is 0. The van der Waals surface area contributed by atoms with E-state index in [2.05, 4.69) is 48.3 Å². The molecule has 0 amide bonds. The molecule has 1 aromatic heterocycles. The lowest BCUT2D eigenvalue weighted by molar-refractivity contribution is 0.765. The number of H-pyrrole nitrogens is 1. The Balaban J connectivity index is 2.17. The predicted octanol–water partition coefficient (Wildman–Crippen LogP) is 4.06. The second-order valence-corrected chi connectivity index (χ2v) is 4.47. The van der Waals surface area contributed by atoms with Gasteiger partial charge in [0, 0.05) is 11.8 Å². The molecule has 3 rings (SSSR count). The van der Waals surface area contributed by atoms with Gasteiger partial charge in [0.25, 0.3) is 0 Å². The fourth-order valence-electron chi connectivity index (χ4n) is 2.26. The minimum absolute atomic E-state index is 1.04. The van der Waals surface area contributed by atoms with E-state index in [-0.39, 0.29) is 0 Å². The monoisotopic (exact) mass is 224 g/mol. The van der Waals surface area contributed by atoms with E-state index in [1.807, 2.05) is 0 Å². The van der Waals surface area contributed by atoms with Crippen LogP contribution in [0, 0.1) is 0 Å². The second kappa shape index (κ2) is 4.21. The molecule has 86 valence electrons. The first-order chi connectivity index (χ1) is 8.38. The van der Waals surface area contributed by atoms with Gasteiger partial charge in [-0.1, -0.05) is 43.7 Å². The van der Waals surface area contributed by atoms with Crippen molar-refractivity contribution in [3.8, 4) is 0 Å². The van der Waals surface area contributed by atoms with E-state index in [4.69, 9.17) is 4.98 Å². The molecule has 1 N–H and O–H groups in total. The van der Waals surface area contributed by atoms with Crippen molar-refractivity contribution in [1.29, 1.82) is 0 Å². The van der Waals surface area contributed by atoms with Crippen molar-refractivity contribution in [3.05, 3.63) is 42.2 Å². The van der Waals surface area contributed by atoms with E-state index in [9.17, 15) is 0 Å². The lowest BCUT2D eigenvalue weighted by atomic mass is 10.1. The van der Waals surface area contributed by atoms with Crippen LogP contribution in [0.3, 0.4) is 0 Å². The molecule has 0 spiro atoms. The fraction of sp³-hybridized carbons (Fsp3) is 0.267. The molecule has 0 bridgehead atoms. The normalized spacial score (nSPS) is 11.4. The highest BCUT2D eigenvalue weighted by Gasteiger charge is 2.05. The Morgan fingerprint density at radius 3 is 2.88 bits per heavy atom. The summed E-state index contributed by atoms with van der Waals surface area (Å²) in [5.74, 6) is 1.11. The smallest absolute Gasteiger partial charge is 0.107 e. The molecular formula is C15H16N2. The van der Waals surface area contributed by atoms with Gasteiger partial charge in [-0.2, -0.15) is 0 Å². The maximum Gasteiger partial charge on any atom is 0.107 e. The number of unbranched alkanes of at least 4 members (excludes halogenated alkanes) is 1. The molecule has 1 heterocycles. The van der Waals surface area contributed by atoms with Crippen LogP contribution in [0.4, 0.5) is 0 Å². The van der Waals surface area contributed by atoms with Crippen LogP contribution in [0.5, 0.6) is 0 Å². The Hall–Kier alpha value is -1.83. The Labute approximate surface area is 101 Å². The molecule has 0 radical (unpaired) electrons. The Bertz CT molecular complexity index is 652. The zero-order chi connectivity index (χ0) is 11.7. The van der Waals surface area contributed by atoms with Crippen molar-refractivity contribution in [2.45, 2.75) is 26.2 Å². The van der Waals surface area contributed by atoms with Crippen LogP contribution in [-0.2, 0) is 6.42 Å². The van der Waals surface area contributed by atoms with E-state index in [0.717, 1.165) is 23.3 Å². The van der Waals surface area contributed by atoms with Gasteiger partial charge in [-0.05, 0) is 17.9 Å². The van der Waals surface area contributed by atoms with Crippen LogP contribution in [0.25, 0.3) is 21.8 Å². The summed E-state index contributed by atoms with van der Waals surface area (Å²) in [6.45, 7) is 2.21. The van der Waals surface area contributed by atoms with Crippen LogP contribution >= 0.6 is 0 Å². The SMILES string of the molecule is CCCCc1nc2c(ccc3ccccc32)[nH]1. The molecule has 0 aliphatic rings. The van der Waals surface area contributed by atoms with Crippen LogP contribution in [0.2, 0.25) is 0 Å². The molecule has 0 saturated carbocycles. The first-order valence-corrected chi connectivity index (χ1v) is 6.25. The van der Waals surface area contributed by atoms with E-state index >= 15 is 0 Å². The highest BCUT2D eigenvalue weighted by Crippen LogP contribution is 2.23. The molecule has 2 heteroatoms. The molecule has 2 nitrogen and oxygen atoms in total. The van der Waals surface area contributed by atoms with Gasteiger partial charge in [0.15, 0.2) is 0 Å². The zero-order valence-electron chi connectivity index (χ0n) is 10.0. The zero-order valence-corrected chi connectivity index (χ0v) is 10.0. The first-order valence-electron chi connectivity index (χ1n) is 6.25. The molecule has 0 aliphatic carbocycles. The topological polar surface area (TPSA) is 28.7 Å². The summed E-state index contributed by atoms with van der Waals surface area (Å²) in [6, 6.07) is 12.7. The number of aryl methyl sites for hydroxylation is 1. The summed E-state index contributed by atoms with van der Waals surface area (Å²) < 4.78 is 0. The molecule has 0 aliphatic heterocycles. The number of aromatic amines is 1. The van der Waals surface area contributed by atoms with Crippen LogP contribution in [0.1, 0.15) is 25.6 Å². The third-order valence-electron chi connectivity index (χ3n) is 3.19. The molecule has 0 saturated heterocycles. The number of hydrogen-bond donors (Lipinski definition) is 1. The lowest BCUT2D eigenvalue weighted by Crippen LogP contribution is -1.86. The largest absolute Gasteiger partial charge is 0.342 e. The van der Waals surface area contributed by atoms with Gasteiger partial charge < -0.3 is 4.98 Å². The van der Waals surface area contributed by atoms with Gasteiger partial charge in [0.05, 0.1) is 11.0 Å². The summed E-state index contributed by atoms with van der Waals surface area (Å²) >= 11 is 0. The molecule has 0 atom stereocenters.